The molecule has 5 nitrogen and oxygen atoms in total. The fraction of sp³-hybridized carbons (Fsp3) is 0.846. The van der Waals surface area contributed by atoms with Gasteiger partial charge in [0.05, 0.1) is 5.41 Å². The smallest absolute Gasteiger partial charge is 0.234 e. The molecule has 2 fully saturated rings. The molecule has 1 aromatic rings. The first kappa shape index (κ1) is 12.1. The van der Waals surface area contributed by atoms with Gasteiger partial charge >= 0.3 is 0 Å². The molecule has 3 rings (SSSR count). The maximum Gasteiger partial charge on any atom is 0.234 e. The molecular formula is C13H21N3O2. The van der Waals surface area contributed by atoms with Gasteiger partial charge in [-0.25, -0.2) is 0 Å². The maximum atomic E-state index is 5.55. The van der Waals surface area contributed by atoms with Crippen LogP contribution < -0.4 is 5.32 Å². The van der Waals surface area contributed by atoms with Gasteiger partial charge < -0.3 is 14.6 Å². The van der Waals surface area contributed by atoms with Gasteiger partial charge in [-0.15, -0.1) is 0 Å². The number of rotatable bonds is 3. The van der Waals surface area contributed by atoms with Gasteiger partial charge in [0, 0.05) is 25.7 Å². The summed E-state index contributed by atoms with van der Waals surface area (Å²) in [5.41, 5.74) is 0.0659. The third-order valence-electron chi connectivity index (χ3n) is 4.40. The standard InChI is InChI=1S/C13H21N3O2/c1-2-13(5-6-14-9-13)12-15-11(16-18-12)10-3-7-17-8-4-10/h10,14H,2-9H2,1H3. The molecular weight excluding hydrogens is 230 g/mol. The van der Waals surface area contributed by atoms with E-state index in [1.165, 1.54) is 0 Å². The fourth-order valence-corrected chi connectivity index (χ4v) is 2.95. The zero-order valence-corrected chi connectivity index (χ0v) is 10.9. The number of nitrogens with zero attached hydrogens (tertiary/aromatic N) is 2. The number of hydrogen-bond acceptors (Lipinski definition) is 5. The van der Waals surface area contributed by atoms with Crippen LogP contribution in [0.4, 0.5) is 0 Å². The highest BCUT2D eigenvalue weighted by Crippen LogP contribution is 2.34. The third kappa shape index (κ3) is 2.06. The first-order chi connectivity index (χ1) is 8.84. The van der Waals surface area contributed by atoms with Crippen LogP contribution in [0.15, 0.2) is 4.52 Å². The van der Waals surface area contributed by atoms with Gasteiger partial charge in [0.15, 0.2) is 5.82 Å². The molecule has 0 radical (unpaired) electrons. The van der Waals surface area contributed by atoms with Crippen LogP contribution >= 0.6 is 0 Å². The van der Waals surface area contributed by atoms with E-state index < -0.39 is 0 Å². The summed E-state index contributed by atoms with van der Waals surface area (Å²) in [6.07, 6.45) is 4.17. The van der Waals surface area contributed by atoms with E-state index in [1.54, 1.807) is 0 Å². The summed E-state index contributed by atoms with van der Waals surface area (Å²) in [4.78, 5) is 4.69. The van der Waals surface area contributed by atoms with Crippen molar-refractivity contribution in [2.24, 2.45) is 0 Å². The van der Waals surface area contributed by atoms with Crippen LogP contribution in [0, 0.1) is 0 Å². The molecule has 0 aromatic carbocycles. The first-order valence-corrected chi connectivity index (χ1v) is 6.96. The van der Waals surface area contributed by atoms with Crippen LogP contribution in [0.3, 0.4) is 0 Å². The van der Waals surface area contributed by atoms with Gasteiger partial charge in [0.1, 0.15) is 0 Å². The highest BCUT2D eigenvalue weighted by Gasteiger charge is 2.39. The summed E-state index contributed by atoms with van der Waals surface area (Å²) >= 11 is 0. The number of hydrogen-bond donors (Lipinski definition) is 1. The van der Waals surface area contributed by atoms with Crippen molar-refractivity contribution in [1.29, 1.82) is 0 Å². The van der Waals surface area contributed by atoms with Crippen molar-refractivity contribution in [1.82, 2.24) is 15.5 Å². The highest BCUT2D eigenvalue weighted by molar-refractivity contribution is 5.11. The zero-order valence-electron chi connectivity index (χ0n) is 10.9. The Morgan fingerprint density at radius 3 is 2.89 bits per heavy atom. The predicted octanol–water partition coefficient (Wildman–Crippen LogP) is 1.60. The topological polar surface area (TPSA) is 60.2 Å². The second-order valence-electron chi connectivity index (χ2n) is 5.41. The predicted molar refractivity (Wildman–Crippen MR) is 66.5 cm³/mol. The van der Waals surface area contributed by atoms with Crippen molar-refractivity contribution in [2.75, 3.05) is 26.3 Å². The molecule has 3 heterocycles. The van der Waals surface area contributed by atoms with Crippen LogP contribution in [0.25, 0.3) is 0 Å². The van der Waals surface area contributed by atoms with Gasteiger partial charge in [-0.1, -0.05) is 12.1 Å². The number of ether oxygens (including phenoxy) is 1. The molecule has 100 valence electrons. The zero-order chi connectivity index (χ0) is 12.4. The molecule has 2 aliphatic rings. The van der Waals surface area contributed by atoms with Crippen LogP contribution in [0.5, 0.6) is 0 Å². The molecule has 2 aliphatic heterocycles. The van der Waals surface area contributed by atoms with Crippen molar-refractivity contribution in [3.05, 3.63) is 11.7 Å². The molecule has 0 bridgehead atoms. The average molecular weight is 251 g/mol. The minimum absolute atomic E-state index is 0.0659. The van der Waals surface area contributed by atoms with Crippen molar-refractivity contribution in [3.8, 4) is 0 Å². The summed E-state index contributed by atoms with van der Waals surface area (Å²) in [5, 5.41) is 7.61. The molecule has 0 spiro atoms. The Balaban J connectivity index is 1.79. The Hall–Kier alpha value is -0.940. The van der Waals surface area contributed by atoms with E-state index >= 15 is 0 Å². The average Bonchev–Trinajstić information content (AvgIpc) is 3.09. The molecule has 1 N–H and O–H groups in total. The molecule has 0 amide bonds. The van der Waals surface area contributed by atoms with E-state index in [9.17, 15) is 0 Å². The lowest BCUT2D eigenvalue weighted by atomic mass is 9.84. The van der Waals surface area contributed by atoms with Crippen LogP contribution in [-0.4, -0.2) is 36.4 Å². The second-order valence-corrected chi connectivity index (χ2v) is 5.41. The van der Waals surface area contributed by atoms with E-state index in [-0.39, 0.29) is 5.41 Å². The second kappa shape index (κ2) is 4.97. The van der Waals surface area contributed by atoms with E-state index in [1.807, 2.05) is 0 Å². The minimum atomic E-state index is 0.0659. The summed E-state index contributed by atoms with van der Waals surface area (Å²) in [7, 11) is 0. The third-order valence-corrected chi connectivity index (χ3v) is 4.40. The van der Waals surface area contributed by atoms with Gasteiger partial charge in [0.2, 0.25) is 5.89 Å². The van der Waals surface area contributed by atoms with Gasteiger partial charge in [-0.05, 0) is 32.2 Å². The molecule has 1 atom stereocenters. The fourth-order valence-electron chi connectivity index (χ4n) is 2.95. The molecule has 18 heavy (non-hydrogen) atoms. The lowest BCUT2D eigenvalue weighted by molar-refractivity contribution is 0.0830. The quantitative estimate of drug-likeness (QED) is 0.884. The Kier molecular flexibility index (Phi) is 3.35. The SMILES string of the molecule is CCC1(c2nc(C3CCOCC3)no2)CCNC1. The van der Waals surface area contributed by atoms with Gasteiger partial charge in [-0.2, -0.15) is 4.98 Å². The molecule has 0 aliphatic carbocycles. The highest BCUT2D eigenvalue weighted by atomic mass is 16.5. The van der Waals surface area contributed by atoms with Gasteiger partial charge in [0.25, 0.3) is 0 Å². The van der Waals surface area contributed by atoms with Crippen LogP contribution in [0.2, 0.25) is 0 Å². The molecule has 0 saturated carbocycles. The minimum Gasteiger partial charge on any atom is -0.381 e. The normalized spacial score (nSPS) is 29.8. The summed E-state index contributed by atoms with van der Waals surface area (Å²) in [6.45, 7) is 5.83. The Labute approximate surface area is 107 Å². The summed E-state index contributed by atoms with van der Waals surface area (Å²) in [5.74, 6) is 2.13. The summed E-state index contributed by atoms with van der Waals surface area (Å²) in [6, 6.07) is 0. The van der Waals surface area contributed by atoms with Crippen molar-refractivity contribution in [2.45, 2.75) is 43.9 Å². The Morgan fingerprint density at radius 1 is 1.39 bits per heavy atom. The van der Waals surface area contributed by atoms with Crippen LogP contribution in [0.1, 0.15) is 50.2 Å². The van der Waals surface area contributed by atoms with E-state index in [0.717, 1.165) is 63.7 Å². The first-order valence-electron chi connectivity index (χ1n) is 6.96. The monoisotopic (exact) mass is 251 g/mol. The molecule has 2 saturated heterocycles. The van der Waals surface area contributed by atoms with E-state index in [4.69, 9.17) is 9.26 Å². The molecule has 1 unspecified atom stereocenters. The van der Waals surface area contributed by atoms with E-state index in [0.29, 0.717) is 5.92 Å². The lowest BCUT2D eigenvalue weighted by Crippen LogP contribution is -2.28. The maximum absolute atomic E-state index is 5.55. The Bertz CT molecular complexity index is 393. The van der Waals surface area contributed by atoms with Gasteiger partial charge in [-0.3, -0.25) is 0 Å². The van der Waals surface area contributed by atoms with Crippen molar-refractivity contribution >= 4 is 0 Å². The number of aromatic nitrogens is 2. The molecule has 1 aromatic heterocycles. The van der Waals surface area contributed by atoms with E-state index in [2.05, 4.69) is 22.4 Å². The number of nitrogens with one attached hydrogen (secondary N) is 1. The molecule has 5 heteroatoms. The van der Waals surface area contributed by atoms with Crippen molar-refractivity contribution < 1.29 is 9.26 Å². The van der Waals surface area contributed by atoms with Crippen LogP contribution in [-0.2, 0) is 10.2 Å². The Morgan fingerprint density at radius 2 is 2.22 bits per heavy atom. The lowest BCUT2D eigenvalue weighted by Gasteiger charge is -2.21. The largest absolute Gasteiger partial charge is 0.381 e. The summed E-state index contributed by atoms with van der Waals surface area (Å²) < 4.78 is 10.9. The van der Waals surface area contributed by atoms with Crippen molar-refractivity contribution in [3.63, 3.8) is 0 Å².